The SMILES string of the molecule is c1ccc(-n2c3cc(-c4ccc5ccc6cccc7ccc4c5c67)ccc3c3ccc4cc(-c5ccc6ccc7cccc8ccc5c6c78)ccc4c32)cc1. The predicted molar refractivity (Wildman–Crippen MR) is 237 cm³/mol. The summed E-state index contributed by atoms with van der Waals surface area (Å²) in [4.78, 5) is 0. The fourth-order valence-corrected chi connectivity index (χ4v) is 9.99. The quantitative estimate of drug-likeness (QED) is 0.162. The second-order valence-electron chi connectivity index (χ2n) is 15.2. The van der Waals surface area contributed by atoms with E-state index in [0.717, 1.165) is 0 Å². The van der Waals surface area contributed by atoms with Gasteiger partial charge >= 0.3 is 0 Å². The maximum absolute atomic E-state index is 2.49. The number of fused-ring (bicyclic) bond motifs is 5. The monoisotopic (exact) mass is 693 g/mol. The largest absolute Gasteiger partial charge is 0.309 e. The molecule has 0 saturated carbocycles. The van der Waals surface area contributed by atoms with Crippen molar-refractivity contribution in [1.82, 2.24) is 4.57 Å². The van der Waals surface area contributed by atoms with E-state index in [-0.39, 0.29) is 0 Å². The van der Waals surface area contributed by atoms with E-state index in [2.05, 4.69) is 193 Å². The van der Waals surface area contributed by atoms with E-state index < -0.39 is 0 Å². The number of benzene rings is 12. The van der Waals surface area contributed by atoms with Gasteiger partial charge in [-0.25, -0.2) is 0 Å². The molecule has 0 unspecified atom stereocenters. The average molecular weight is 694 g/mol. The Labute approximate surface area is 316 Å². The molecule has 0 bridgehead atoms. The van der Waals surface area contributed by atoms with Crippen LogP contribution in [0.5, 0.6) is 0 Å². The van der Waals surface area contributed by atoms with Crippen molar-refractivity contribution in [2.24, 2.45) is 0 Å². The first-order valence-electron chi connectivity index (χ1n) is 19.2. The van der Waals surface area contributed by atoms with Crippen LogP contribution < -0.4 is 0 Å². The van der Waals surface area contributed by atoms with Crippen LogP contribution >= 0.6 is 0 Å². The highest BCUT2D eigenvalue weighted by molar-refractivity contribution is 6.27. The van der Waals surface area contributed by atoms with Crippen molar-refractivity contribution in [2.45, 2.75) is 0 Å². The Morgan fingerprint density at radius 1 is 0.273 bits per heavy atom. The van der Waals surface area contributed by atoms with Crippen molar-refractivity contribution in [3.8, 4) is 27.9 Å². The maximum atomic E-state index is 2.49. The van der Waals surface area contributed by atoms with Gasteiger partial charge in [-0.1, -0.05) is 164 Å². The Hall–Kier alpha value is -7.22. The van der Waals surface area contributed by atoms with Crippen LogP contribution in [0.25, 0.3) is 125 Å². The molecule has 13 rings (SSSR count). The molecule has 12 aromatic carbocycles. The molecule has 0 amide bonds. The molecule has 0 fully saturated rings. The fraction of sp³-hybridized carbons (Fsp3) is 0. The van der Waals surface area contributed by atoms with Crippen molar-refractivity contribution >= 4 is 97.2 Å². The van der Waals surface area contributed by atoms with Gasteiger partial charge in [0, 0.05) is 21.8 Å². The molecule has 0 saturated heterocycles. The van der Waals surface area contributed by atoms with Crippen LogP contribution in [0.1, 0.15) is 0 Å². The second kappa shape index (κ2) is 10.7. The van der Waals surface area contributed by atoms with Crippen LogP contribution in [0.2, 0.25) is 0 Å². The molecule has 0 N–H and O–H groups in total. The van der Waals surface area contributed by atoms with Gasteiger partial charge in [0.25, 0.3) is 0 Å². The summed E-state index contributed by atoms with van der Waals surface area (Å²) in [6, 6.07) is 70.4. The topological polar surface area (TPSA) is 4.93 Å². The van der Waals surface area contributed by atoms with Crippen molar-refractivity contribution in [3.05, 3.63) is 188 Å². The number of nitrogens with zero attached hydrogens (tertiary/aromatic N) is 1. The Kier molecular flexibility index (Phi) is 5.69. The van der Waals surface area contributed by atoms with E-state index in [1.807, 2.05) is 0 Å². The minimum Gasteiger partial charge on any atom is -0.309 e. The fourth-order valence-electron chi connectivity index (χ4n) is 9.99. The Morgan fingerprint density at radius 2 is 0.727 bits per heavy atom. The molecule has 1 heteroatoms. The summed E-state index contributed by atoms with van der Waals surface area (Å²) in [7, 11) is 0. The van der Waals surface area contributed by atoms with Crippen molar-refractivity contribution in [3.63, 3.8) is 0 Å². The van der Waals surface area contributed by atoms with Crippen LogP contribution in [-0.4, -0.2) is 4.57 Å². The molecule has 252 valence electrons. The lowest BCUT2D eigenvalue weighted by atomic mass is 9.89. The Morgan fingerprint density at radius 3 is 1.33 bits per heavy atom. The smallest absolute Gasteiger partial charge is 0.0619 e. The summed E-state index contributed by atoms with van der Waals surface area (Å²) < 4.78 is 2.49. The Balaban J connectivity index is 1.05. The summed E-state index contributed by atoms with van der Waals surface area (Å²) in [6.45, 7) is 0. The lowest BCUT2D eigenvalue weighted by molar-refractivity contribution is 1.19. The van der Waals surface area contributed by atoms with E-state index in [1.54, 1.807) is 0 Å². The summed E-state index contributed by atoms with van der Waals surface area (Å²) in [5, 5.41) is 20.8. The zero-order valence-electron chi connectivity index (χ0n) is 29.8. The molecule has 0 aliphatic carbocycles. The summed E-state index contributed by atoms with van der Waals surface area (Å²) in [5.74, 6) is 0. The van der Waals surface area contributed by atoms with Gasteiger partial charge in [-0.15, -0.1) is 0 Å². The van der Waals surface area contributed by atoms with Gasteiger partial charge in [-0.2, -0.15) is 0 Å². The van der Waals surface area contributed by atoms with Gasteiger partial charge in [0.15, 0.2) is 0 Å². The van der Waals surface area contributed by atoms with Gasteiger partial charge < -0.3 is 4.57 Å². The molecule has 0 spiro atoms. The number of hydrogen-bond acceptors (Lipinski definition) is 0. The van der Waals surface area contributed by atoms with Crippen LogP contribution in [0.3, 0.4) is 0 Å². The van der Waals surface area contributed by atoms with Crippen molar-refractivity contribution < 1.29 is 0 Å². The molecule has 0 aliphatic heterocycles. The highest BCUT2D eigenvalue weighted by Crippen LogP contribution is 2.44. The third kappa shape index (κ3) is 3.97. The number of aromatic nitrogens is 1. The maximum Gasteiger partial charge on any atom is 0.0619 e. The Bertz CT molecular complexity index is 3670. The first-order valence-corrected chi connectivity index (χ1v) is 19.2. The van der Waals surface area contributed by atoms with Gasteiger partial charge in [-0.05, 0) is 117 Å². The normalized spacial score (nSPS) is 12.4. The van der Waals surface area contributed by atoms with Crippen LogP contribution in [0, 0.1) is 0 Å². The zero-order valence-corrected chi connectivity index (χ0v) is 29.8. The highest BCUT2D eigenvalue weighted by atomic mass is 15.0. The molecule has 1 nitrogen and oxygen atoms in total. The highest BCUT2D eigenvalue weighted by Gasteiger charge is 2.19. The third-order valence-electron chi connectivity index (χ3n) is 12.4. The number of hydrogen-bond donors (Lipinski definition) is 0. The number of para-hydroxylation sites is 1. The second-order valence-corrected chi connectivity index (χ2v) is 15.2. The summed E-state index contributed by atoms with van der Waals surface area (Å²) in [6.07, 6.45) is 0. The van der Waals surface area contributed by atoms with E-state index in [1.165, 1.54) is 125 Å². The molecule has 55 heavy (non-hydrogen) atoms. The van der Waals surface area contributed by atoms with Crippen LogP contribution in [0.4, 0.5) is 0 Å². The molecule has 1 heterocycles. The van der Waals surface area contributed by atoms with E-state index in [4.69, 9.17) is 0 Å². The third-order valence-corrected chi connectivity index (χ3v) is 12.4. The number of rotatable bonds is 3. The minimum absolute atomic E-state index is 1.17. The first-order chi connectivity index (χ1) is 27.3. The standard InChI is InChI=1S/C54H31N/c1-2-10-41(11-3-1)55-49-31-40(43-24-17-37-15-13-33-7-5-9-35-19-28-47(43)53(37)51(33)35)21-26-45(49)48-29-22-39-30-38(20-25-44(39)54(48)55)42-23-16-36-14-12-32-6-4-8-34-18-27-46(42)52(36)50(32)34/h1-31H. The van der Waals surface area contributed by atoms with Crippen LogP contribution in [-0.2, 0) is 0 Å². The van der Waals surface area contributed by atoms with E-state index in [9.17, 15) is 0 Å². The van der Waals surface area contributed by atoms with Gasteiger partial charge in [0.1, 0.15) is 0 Å². The average Bonchev–Trinajstić information content (AvgIpc) is 3.59. The molecule has 0 aliphatic rings. The van der Waals surface area contributed by atoms with Crippen molar-refractivity contribution in [2.75, 3.05) is 0 Å². The summed E-state index contributed by atoms with van der Waals surface area (Å²) >= 11 is 0. The lowest BCUT2D eigenvalue weighted by Gasteiger charge is -2.15. The van der Waals surface area contributed by atoms with Gasteiger partial charge in [0.2, 0.25) is 0 Å². The minimum atomic E-state index is 1.17. The van der Waals surface area contributed by atoms with E-state index >= 15 is 0 Å². The predicted octanol–water partition coefficient (Wildman–Crippen LogP) is 15.1. The first kappa shape index (κ1) is 29.3. The van der Waals surface area contributed by atoms with E-state index in [0.29, 0.717) is 0 Å². The molecular formula is C54H31N. The van der Waals surface area contributed by atoms with Crippen molar-refractivity contribution in [1.29, 1.82) is 0 Å². The lowest BCUT2D eigenvalue weighted by Crippen LogP contribution is -1.94. The summed E-state index contributed by atoms with van der Waals surface area (Å²) in [5.41, 5.74) is 8.63. The van der Waals surface area contributed by atoms with Gasteiger partial charge in [-0.3, -0.25) is 0 Å². The van der Waals surface area contributed by atoms with Crippen LogP contribution in [0.15, 0.2) is 188 Å². The molecule has 0 atom stereocenters. The molecular weight excluding hydrogens is 663 g/mol. The molecule has 1 aromatic heterocycles. The molecule has 13 aromatic rings. The van der Waals surface area contributed by atoms with Gasteiger partial charge in [0.05, 0.1) is 11.0 Å². The zero-order chi connectivity index (χ0) is 35.8. The molecule has 0 radical (unpaired) electrons.